The molecule has 0 saturated carbocycles. The highest BCUT2D eigenvalue weighted by Gasteiger charge is 2.12. The maximum atomic E-state index is 11.2. The fourth-order valence-electron chi connectivity index (χ4n) is 2.06. The lowest BCUT2D eigenvalue weighted by Gasteiger charge is -2.08. The Morgan fingerprint density at radius 1 is 1.21 bits per heavy atom. The third kappa shape index (κ3) is 1.87. The second-order valence-corrected chi connectivity index (χ2v) is 4.19. The molecule has 6 nitrogen and oxygen atoms in total. The van der Waals surface area contributed by atoms with Crippen molar-refractivity contribution in [2.24, 2.45) is 0 Å². The summed E-state index contributed by atoms with van der Waals surface area (Å²) < 4.78 is 5.32. The maximum absolute atomic E-state index is 11.2. The normalized spacial score (nSPS) is 10.8. The first kappa shape index (κ1) is 11.5. The molecule has 2 heterocycles. The quantitative estimate of drug-likeness (QED) is 0.730. The Bertz CT molecular complexity index is 804. The highest BCUT2D eigenvalue weighted by Crippen LogP contribution is 2.31. The molecule has 1 aromatic carbocycles. The lowest BCUT2D eigenvalue weighted by molar-refractivity contribution is 0.419. The van der Waals surface area contributed by atoms with Gasteiger partial charge in [0.25, 0.3) is 0 Å². The first-order chi connectivity index (χ1) is 9.19. The number of H-pyrrole nitrogens is 2. The summed E-state index contributed by atoms with van der Waals surface area (Å²) in [5.41, 5.74) is 2.13. The number of ether oxygens (including phenoxy) is 1. The lowest BCUT2D eigenvalue weighted by atomic mass is 10.1. The third-order valence-corrected chi connectivity index (χ3v) is 2.94. The van der Waals surface area contributed by atoms with E-state index in [1.54, 1.807) is 7.11 Å². The number of pyridine rings is 1. The average Bonchev–Trinajstić information content (AvgIpc) is 2.83. The summed E-state index contributed by atoms with van der Waals surface area (Å²) in [5.74, 6) is 1.18. The van der Waals surface area contributed by atoms with Gasteiger partial charge in [-0.15, -0.1) is 0 Å². The average molecular weight is 256 g/mol. The van der Waals surface area contributed by atoms with E-state index in [0.717, 1.165) is 22.2 Å². The molecular formula is C13H12N4O2. The van der Waals surface area contributed by atoms with E-state index in [9.17, 15) is 4.79 Å². The molecule has 0 radical (unpaired) electrons. The van der Waals surface area contributed by atoms with Gasteiger partial charge in [0.05, 0.1) is 7.11 Å². The summed E-state index contributed by atoms with van der Waals surface area (Å²) >= 11 is 0. The molecule has 0 spiro atoms. The molecule has 0 unspecified atom stereocenters. The number of nitrogens with zero attached hydrogens (tertiary/aromatic N) is 2. The molecule has 2 N–H and O–H groups in total. The maximum Gasteiger partial charge on any atom is 0.340 e. The van der Waals surface area contributed by atoms with Crippen LogP contribution >= 0.6 is 0 Å². The van der Waals surface area contributed by atoms with Gasteiger partial charge in [0.1, 0.15) is 11.3 Å². The molecule has 3 rings (SSSR count). The fourth-order valence-corrected chi connectivity index (χ4v) is 2.06. The third-order valence-electron chi connectivity index (χ3n) is 2.94. The van der Waals surface area contributed by atoms with Gasteiger partial charge in [-0.2, -0.15) is 5.10 Å². The SMILES string of the molecule is COc1ccc(-c2n[nH]c(=O)[nH]2)c2ccc(C)nc12. The summed E-state index contributed by atoms with van der Waals surface area (Å²) in [6.45, 7) is 1.92. The van der Waals surface area contributed by atoms with Gasteiger partial charge in [-0.3, -0.25) is 4.98 Å². The van der Waals surface area contributed by atoms with Crippen LogP contribution < -0.4 is 10.4 Å². The molecule has 0 atom stereocenters. The van der Waals surface area contributed by atoms with Crippen LogP contribution in [0.2, 0.25) is 0 Å². The number of hydrogen-bond acceptors (Lipinski definition) is 4. The molecule has 0 saturated heterocycles. The number of rotatable bonds is 2. The largest absolute Gasteiger partial charge is 0.494 e. The number of fused-ring (bicyclic) bond motifs is 1. The highest BCUT2D eigenvalue weighted by molar-refractivity contribution is 5.96. The van der Waals surface area contributed by atoms with E-state index in [4.69, 9.17) is 4.74 Å². The monoisotopic (exact) mass is 256 g/mol. The molecule has 0 amide bonds. The van der Waals surface area contributed by atoms with Crippen LogP contribution in [0.25, 0.3) is 22.3 Å². The second kappa shape index (κ2) is 4.24. The molecule has 6 heteroatoms. The van der Waals surface area contributed by atoms with Crippen molar-refractivity contribution in [1.29, 1.82) is 0 Å². The van der Waals surface area contributed by atoms with E-state index >= 15 is 0 Å². The summed E-state index contributed by atoms with van der Waals surface area (Å²) in [6.07, 6.45) is 0. The number of hydrogen-bond donors (Lipinski definition) is 2. The van der Waals surface area contributed by atoms with E-state index in [2.05, 4.69) is 20.2 Å². The van der Waals surface area contributed by atoms with Gasteiger partial charge in [0, 0.05) is 16.6 Å². The zero-order chi connectivity index (χ0) is 13.4. The predicted molar refractivity (Wildman–Crippen MR) is 71.2 cm³/mol. The molecule has 0 aliphatic carbocycles. The Morgan fingerprint density at radius 2 is 2.05 bits per heavy atom. The number of methoxy groups -OCH3 is 1. The van der Waals surface area contributed by atoms with Crippen LogP contribution in [0.4, 0.5) is 0 Å². The van der Waals surface area contributed by atoms with Crippen LogP contribution in [0.3, 0.4) is 0 Å². The molecule has 0 fully saturated rings. The van der Waals surface area contributed by atoms with Crippen molar-refractivity contribution >= 4 is 10.9 Å². The van der Waals surface area contributed by atoms with Gasteiger partial charge >= 0.3 is 5.69 Å². The first-order valence-electron chi connectivity index (χ1n) is 5.78. The smallest absolute Gasteiger partial charge is 0.340 e. The summed E-state index contributed by atoms with van der Waals surface area (Å²) in [7, 11) is 1.61. The van der Waals surface area contributed by atoms with Gasteiger partial charge in [0.2, 0.25) is 0 Å². The molecule has 19 heavy (non-hydrogen) atoms. The van der Waals surface area contributed by atoms with Crippen LogP contribution in [-0.2, 0) is 0 Å². The van der Waals surface area contributed by atoms with E-state index in [-0.39, 0.29) is 5.69 Å². The van der Waals surface area contributed by atoms with Crippen LogP contribution in [0.5, 0.6) is 5.75 Å². The Hall–Kier alpha value is -2.63. The molecule has 96 valence electrons. The minimum atomic E-state index is -0.334. The van der Waals surface area contributed by atoms with Gasteiger partial charge in [-0.05, 0) is 25.1 Å². The van der Waals surface area contributed by atoms with Crippen molar-refractivity contribution in [2.75, 3.05) is 7.11 Å². The number of benzene rings is 1. The van der Waals surface area contributed by atoms with Crippen LogP contribution in [0.15, 0.2) is 29.1 Å². The standard InChI is InChI=1S/C13H12N4O2/c1-7-3-4-8-9(12-15-13(18)17-16-12)5-6-10(19-2)11(8)14-7/h3-6H,1-2H3,(H2,15,16,17,18). The van der Waals surface area contributed by atoms with Crippen molar-refractivity contribution < 1.29 is 4.74 Å². The van der Waals surface area contributed by atoms with Gasteiger partial charge < -0.3 is 4.74 Å². The predicted octanol–water partition coefficient (Wildman–Crippen LogP) is 1.63. The van der Waals surface area contributed by atoms with Gasteiger partial charge in [-0.25, -0.2) is 14.9 Å². The van der Waals surface area contributed by atoms with Crippen molar-refractivity contribution in [3.63, 3.8) is 0 Å². The zero-order valence-electron chi connectivity index (χ0n) is 10.5. The summed E-state index contributed by atoms with van der Waals surface area (Å²) in [6, 6.07) is 7.53. The number of aryl methyl sites for hydroxylation is 1. The molecule has 0 aliphatic rings. The zero-order valence-corrected chi connectivity index (χ0v) is 10.5. The van der Waals surface area contributed by atoms with Crippen LogP contribution in [-0.4, -0.2) is 27.3 Å². The fraction of sp³-hybridized carbons (Fsp3) is 0.154. The summed E-state index contributed by atoms with van der Waals surface area (Å²) in [4.78, 5) is 18.3. The molecular weight excluding hydrogens is 244 g/mol. The van der Waals surface area contributed by atoms with Crippen molar-refractivity contribution in [2.45, 2.75) is 6.92 Å². The Kier molecular flexibility index (Phi) is 2.56. The van der Waals surface area contributed by atoms with E-state index in [0.29, 0.717) is 11.6 Å². The minimum absolute atomic E-state index is 0.334. The van der Waals surface area contributed by atoms with Crippen molar-refractivity contribution in [1.82, 2.24) is 20.2 Å². The first-order valence-corrected chi connectivity index (χ1v) is 5.78. The van der Waals surface area contributed by atoms with E-state index in [1.165, 1.54) is 0 Å². The molecule has 0 bridgehead atoms. The van der Waals surface area contributed by atoms with Crippen molar-refractivity contribution in [3.05, 3.63) is 40.4 Å². The lowest BCUT2D eigenvalue weighted by Crippen LogP contribution is -2.00. The Labute approximate surface area is 108 Å². The van der Waals surface area contributed by atoms with Gasteiger partial charge in [-0.1, -0.05) is 6.07 Å². The second-order valence-electron chi connectivity index (χ2n) is 4.19. The molecule has 3 aromatic rings. The van der Waals surface area contributed by atoms with E-state index < -0.39 is 0 Å². The highest BCUT2D eigenvalue weighted by atomic mass is 16.5. The van der Waals surface area contributed by atoms with Crippen LogP contribution in [0.1, 0.15) is 5.69 Å². The molecule has 2 aromatic heterocycles. The van der Waals surface area contributed by atoms with Gasteiger partial charge in [0.15, 0.2) is 5.82 Å². The topological polar surface area (TPSA) is 83.7 Å². The number of aromatic nitrogens is 4. The van der Waals surface area contributed by atoms with E-state index in [1.807, 2.05) is 31.2 Å². The Morgan fingerprint density at radius 3 is 2.74 bits per heavy atom. The molecule has 0 aliphatic heterocycles. The summed E-state index contributed by atoms with van der Waals surface area (Å²) in [5, 5.41) is 7.19. The number of nitrogens with one attached hydrogen (secondary N) is 2. The minimum Gasteiger partial charge on any atom is -0.494 e. The van der Waals surface area contributed by atoms with Crippen molar-refractivity contribution in [3.8, 4) is 17.1 Å². The van der Waals surface area contributed by atoms with Crippen LogP contribution in [0, 0.1) is 6.92 Å². The number of aromatic amines is 2. The Balaban J connectivity index is 2.35.